The summed E-state index contributed by atoms with van der Waals surface area (Å²) in [7, 11) is -1.48. The molecule has 31 heavy (non-hydrogen) atoms. The maximum Gasteiger partial charge on any atom is 0.490 e. The summed E-state index contributed by atoms with van der Waals surface area (Å²) in [5.74, 6) is -1.85. The summed E-state index contributed by atoms with van der Waals surface area (Å²) < 4.78 is 59.0. The molecule has 2 aromatic rings. The summed E-state index contributed by atoms with van der Waals surface area (Å²) in [4.78, 5) is 20.1. The highest BCUT2D eigenvalue weighted by atomic mass is 32.2. The van der Waals surface area contributed by atoms with Crippen molar-refractivity contribution in [2.75, 3.05) is 31.6 Å². The molecule has 8 nitrogen and oxygen atoms in total. The highest BCUT2D eigenvalue weighted by Gasteiger charge is 2.38. The van der Waals surface area contributed by atoms with E-state index in [1.54, 1.807) is 34.9 Å². The number of aliphatic carboxylic acids is 1. The maximum atomic E-state index is 12.8. The molecule has 0 atom stereocenters. The molecule has 1 aliphatic rings. The van der Waals surface area contributed by atoms with Gasteiger partial charge in [0.05, 0.1) is 10.6 Å². The fraction of sp³-hybridized carbons (Fsp3) is 0.421. The predicted molar refractivity (Wildman–Crippen MR) is 107 cm³/mol. The second-order valence-corrected chi connectivity index (χ2v) is 8.59. The smallest absolute Gasteiger partial charge is 0.475 e. The van der Waals surface area contributed by atoms with Crippen molar-refractivity contribution in [1.82, 2.24) is 14.3 Å². The van der Waals surface area contributed by atoms with Gasteiger partial charge in [0.2, 0.25) is 10.0 Å². The first-order valence-corrected chi connectivity index (χ1v) is 10.8. The van der Waals surface area contributed by atoms with Crippen molar-refractivity contribution in [2.24, 2.45) is 0 Å². The molecule has 0 unspecified atom stereocenters. The van der Waals surface area contributed by atoms with Gasteiger partial charge < -0.3 is 10.0 Å². The number of hydrogen-bond acceptors (Lipinski definition) is 6. The Kier molecular flexibility index (Phi) is 7.96. The Morgan fingerprint density at radius 3 is 2.29 bits per heavy atom. The van der Waals surface area contributed by atoms with Gasteiger partial charge >= 0.3 is 12.1 Å². The van der Waals surface area contributed by atoms with Crippen molar-refractivity contribution in [1.29, 1.82) is 0 Å². The molecule has 0 radical (unpaired) electrons. The average molecular weight is 460 g/mol. The topological polar surface area (TPSA) is 104 Å². The summed E-state index contributed by atoms with van der Waals surface area (Å²) >= 11 is 0. The molecule has 12 heteroatoms. The number of rotatable bonds is 4. The number of carboxylic acids is 1. The first-order chi connectivity index (χ1) is 14.5. The van der Waals surface area contributed by atoms with Gasteiger partial charge in [-0.15, -0.1) is 0 Å². The molecule has 1 N–H and O–H groups in total. The molecule has 1 aromatic heterocycles. The van der Waals surface area contributed by atoms with Crippen LogP contribution in [-0.2, 0) is 27.7 Å². The molecule has 0 fully saturated rings. The first-order valence-electron chi connectivity index (χ1n) is 9.37. The van der Waals surface area contributed by atoms with Crippen LogP contribution in [0.3, 0.4) is 0 Å². The Balaban J connectivity index is 0.000000423. The number of nitrogens with zero attached hydrogens (tertiary/aromatic N) is 4. The number of halogens is 3. The number of benzene rings is 1. The fourth-order valence-electron chi connectivity index (χ4n) is 2.95. The van der Waals surface area contributed by atoms with Crippen LogP contribution < -0.4 is 4.90 Å². The molecule has 0 spiro atoms. The lowest BCUT2D eigenvalue weighted by atomic mass is 10.1. The van der Waals surface area contributed by atoms with E-state index in [0.29, 0.717) is 30.8 Å². The first kappa shape index (κ1) is 24.5. The van der Waals surface area contributed by atoms with E-state index in [4.69, 9.17) is 9.90 Å². The zero-order valence-corrected chi connectivity index (χ0v) is 17.8. The maximum absolute atomic E-state index is 12.8. The Labute approximate surface area is 178 Å². The molecule has 0 saturated carbocycles. The molecule has 0 saturated heterocycles. The van der Waals surface area contributed by atoms with Gasteiger partial charge in [0.25, 0.3) is 0 Å². The van der Waals surface area contributed by atoms with Crippen molar-refractivity contribution >= 4 is 21.8 Å². The summed E-state index contributed by atoms with van der Waals surface area (Å²) in [6, 6.07) is 8.60. The highest BCUT2D eigenvalue weighted by Crippen LogP contribution is 2.25. The molecule has 3 rings (SSSR count). The van der Waals surface area contributed by atoms with Crippen LogP contribution in [0.5, 0.6) is 0 Å². The largest absolute Gasteiger partial charge is 0.490 e. The number of sulfonamides is 1. The summed E-state index contributed by atoms with van der Waals surface area (Å²) in [6.07, 6.45) is -2.28. The Bertz CT molecular complexity index is 1000. The molecular weight excluding hydrogens is 437 g/mol. The number of carbonyl (C=O) groups is 1. The standard InChI is InChI=1S/C17H22N4O2S.C2HF3O2/c1-3-20(2)17-15-9-11-21(12-10-16(15)18-13-19-17)24(22,23)14-7-5-4-6-8-14;3-2(4,5)1(6)7/h4-8,13H,3,9-12H2,1-2H3;(H,6,7). The second-order valence-electron chi connectivity index (χ2n) is 6.66. The Hall–Kier alpha value is -2.73. The minimum Gasteiger partial charge on any atom is -0.475 e. The number of aromatic nitrogens is 2. The van der Waals surface area contributed by atoms with E-state index in [9.17, 15) is 21.6 Å². The lowest BCUT2D eigenvalue weighted by molar-refractivity contribution is -0.192. The van der Waals surface area contributed by atoms with Gasteiger partial charge in [-0.1, -0.05) is 18.2 Å². The van der Waals surface area contributed by atoms with Gasteiger partial charge in [0, 0.05) is 38.7 Å². The Morgan fingerprint density at radius 1 is 1.16 bits per heavy atom. The van der Waals surface area contributed by atoms with Gasteiger partial charge in [0.1, 0.15) is 12.1 Å². The zero-order chi connectivity index (χ0) is 23.2. The lowest BCUT2D eigenvalue weighted by Gasteiger charge is -2.21. The Morgan fingerprint density at radius 2 is 1.74 bits per heavy atom. The van der Waals surface area contributed by atoms with Crippen molar-refractivity contribution in [2.45, 2.75) is 30.8 Å². The number of fused-ring (bicyclic) bond motifs is 1. The van der Waals surface area contributed by atoms with E-state index >= 15 is 0 Å². The van der Waals surface area contributed by atoms with Crippen LogP contribution >= 0.6 is 0 Å². The normalized spacial score (nSPS) is 14.6. The third-order valence-corrected chi connectivity index (χ3v) is 6.59. The van der Waals surface area contributed by atoms with Crippen molar-refractivity contribution in [3.8, 4) is 0 Å². The van der Waals surface area contributed by atoms with Crippen LogP contribution in [0.25, 0.3) is 0 Å². The lowest BCUT2D eigenvalue weighted by Crippen LogP contribution is -2.33. The number of alkyl halides is 3. The number of anilines is 1. The van der Waals surface area contributed by atoms with E-state index in [1.807, 2.05) is 13.1 Å². The van der Waals surface area contributed by atoms with Crippen molar-refractivity contribution in [3.05, 3.63) is 47.9 Å². The van der Waals surface area contributed by atoms with Gasteiger partial charge in [-0.3, -0.25) is 0 Å². The summed E-state index contributed by atoms with van der Waals surface area (Å²) in [5.41, 5.74) is 2.01. The van der Waals surface area contributed by atoms with Gasteiger partial charge in [-0.05, 0) is 25.5 Å². The monoisotopic (exact) mass is 460 g/mol. The average Bonchev–Trinajstić information content (AvgIpc) is 2.96. The second kappa shape index (κ2) is 10.1. The van der Waals surface area contributed by atoms with Crippen molar-refractivity contribution in [3.63, 3.8) is 0 Å². The summed E-state index contributed by atoms with van der Waals surface area (Å²) in [5, 5.41) is 7.12. The van der Waals surface area contributed by atoms with Crippen LogP contribution in [0.1, 0.15) is 18.2 Å². The third-order valence-electron chi connectivity index (χ3n) is 4.68. The molecule has 1 aromatic carbocycles. The van der Waals surface area contributed by atoms with E-state index < -0.39 is 22.2 Å². The van der Waals surface area contributed by atoms with E-state index in [-0.39, 0.29) is 0 Å². The van der Waals surface area contributed by atoms with Crippen molar-refractivity contribution < 1.29 is 31.5 Å². The highest BCUT2D eigenvalue weighted by molar-refractivity contribution is 7.89. The van der Waals surface area contributed by atoms with E-state index in [1.165, 1.54) is 0 Å². The summed E-state index contributed by atoms with van der Waals surface area (Å²) in [6.45, 7) is 3.80. The molecule has 1 aliphatic heterocycles. The van der Waals surface area contributed by atoms with Crippen LogP contribution in [0.2, 0.25) is 0 Å². The third kappa shape index (κ3) is 6.14. The predicted octanol–water partition coefficient (Wildman–Crippen LogP) is 2.36. The number of hydrogen-bond donors (Lipinski definition) is 1. The van der Waals surface area contributed by atoms with Gasteiger partial charge in [0.15, 0.2) is 0 Å². The fourth-order valence-corrected chi connectivity index (χ4v) is 4.41. The zero-order valence-electron chi connectivity index (χ0n) is 17.0. The number of carboxylic acid groups (broad SMARTS) is 1. The van der Waals surface area contributed by atoms with E-state index in [2.05, 4.69) is 21.8 Å². The minimum atomic E-state index is -5.08. The molecule has 0 bridgehead atoms. The van der Waals surface area contributed by atoms with Crippen LogP contribution in [0, 0.1) is 0 Å². The van der Waals surface area contributed by atoms with Crippen LogP contribution in [0.15, 0.2) is 41.6 Å². The molecule has 0 aliphatic carbocycles. The molecule has 0 amide bonds. The minimum absolute atomic E-state index is 0.341. The quantitative estimate of drug-likeness (QED) is 0.747. The van der Waals surface area contributed by atoms with Gasteiger partial charge in [-0.25, -0.2) is 23.2 Å². The molecular formula is C19H23F3N4O4S. The van der Waals surface area contributed by atoms with Gasteiger partial charge in [-0.2, -0.15) is 17.5 Å². The van der Waals surface area contributed by atoms with Crippen LogP contribution in [0.4, 0.5) is 19.0 Å². The van der Waals surface area contributed by atoms with Crippen LogP contribution in [-0.4, -0.2) is 66.6 Å². The molecule has 170 valence electrons. The SMILES string of the molecule is CCN(C)c1ncnc2c1CCN(S(=O)(=O)c1ccccc1)CC2.O=C(O)C(F)(F)F. The molecule has 2 heterocycles. The van der Waals surface area contributed by atoms with E-state index in [0.717, 1.165) is 23.6 Å².